The van der Waals surface area contributed by atoms with Gasteiger partial charge in [0.25, 0.3) is 0 Å². The van der Waals surface area contributed by atoms with E-state index in [4.69, 9.17) is 11.6 Å². The van der Waals surface area contributed by atoms with E-state index in [9.17, 15) is 9.18 Å². The molecule has 27 heavy (non-hydrogen) atoms. The van der Waals surface area contributed by atoms with Crippen molar-refractivity contribution in [3.8, 4) is 11.1 Å². The summed E-state index contributed by atoms with van der Waals surface area (Å²) in [6.45, 7) is 4.68. The summed E-state index contributed by atoms with van der Waals surface area (Å²) in [4.78, 5) is 18.9. The Morgan fingerprint density at radius 1 is 1.30 bits per heavy atom. The predicted octanol–water partition coefficient (Wildman–Crippen LogP) is 5.26. The summed E-state index contributed by atoms with van der Waals surface area (Å²) in [6.07, 6.45) is 2.87. The molecule has 0 unspecified atom stereocenters. The van der Waals surface area contributed by atoms with Crippen LogP contribution >= 0.6 is 22.9 Å². The fourth-order valence-electron chi connectivity index (χ4n) is 3.55. The summed E-state index contributed by atoms with van der Waals surface area (Å²) in [6, 6.07) is 13.0. The first-order valence-corrected chi connectivity index (χ1v) is 9.66. The van der Waals surface area contributed by atoms with Crippen molar-refractivity contribution in [1.29, 1.82) is 0 Å². The average molecular weight is 399 g/mol. The van der Waals surface area contributed by atoms with Gasteiger partial charge < -0.3 is 4.90 Å². The maximum absolute atomic E-state index is 13.3. The Kier molecular flexibility index (Phi) is 4.81. The molecule has 1 aliphatic heterocycles. The van der Waals surface area contributed by atoms with Gasteiger partial charge in [-0.3, -0.25) is 4.79 Å². The molecule has 0 radical (unpaired) electrons. The second-order valence-corrected chi connectivity index (χ2v) is 8.13. The van der Waals surface area contributed by atoms with E-state index < -0.39 is 5.95 Å². The fraction of sp³-hybridized carbons (Fsp3) is 0.143. The minimum absolute atomic E-state index is 0.0253. The van der Waals surface area contributed by atoms with Crippen LogP contribution in [0.1, 0.15) is 21.9 Å². The number of nitrogens with zero attached hydrogens (tertiary/aromatic N) is 2. The molecule has 1 aliphatic rings. The fourth-order valence-corrected chi connectivity index (χ4v) is 4.90. The normalized spacial score (nSPS) is 16.1. The lowest BCUT2D eigenvalue weighted by atomic mass is 9.84. The van der Waals surface area contributed by atoms with Gasteiger partial charge in [0.2, 0.25) is 11.9 Å². The summed E-state index contributed by atoms with van der Waals surface area (Å²) in [5, 5.41) is 0. The van der Waals surface area contributed by atoms with Crippen LogP contribution in [-0.4, -0.2) is 22.3 Å². The zero-order valence-electron chi connectivity index (χ0n) is 14.4. The van der Waals surface area contributed by atoms with Gasteiger partial charge in [0.1, 0.15) is 0 Å². The summed E-state index contributed by atoms with van der Waals surface area (Å²) in [5.41, 5.74) is 4.00. The molecule has 2 aromatic heterocycles. The number of carbonyl (C=O) groups excluding carboxylic acids is 1. The zero-order chi connectivity index (χ0) is 19.0. The van der Waals surface area contributed by atoms with Gasteiger partial charge in [0.15, 0.2) is 0 Å². The van der Waals surface area contributed by atoms with Crippen molar-refractivity contribution in [2.75, 3.05) is 6.54 Å². The third kappa shape index (κ3) is 3.40. The molecule has 1 atom stereocenters. The highest BCUT2D eigenvalue weighted by Crippen LogP contribution is 2.42. The number of fused-ring (bicyclic) bond motifs is 1. The molecule has 136 valence electrons. The molecule has 1 aromatic carbocycles. The molecule has 3 aromatic rings. The maximum atomic E-state index is 13.3. The van der Waals surface area contributed by atoms with Crippen LogP contribution in [0.4, 0.5) is 4.39 Å². The topological polar surface area (TPSA) is 33.2 Å². The molecule has 3 nitrogen and oxygen atoms in total. The second-order valence-electron chi connectivity index (χ2n) is 6.36. The van der Waals surface area contributed by atoms with Crippen molar-refractivity contribution in [1.82, 2.24) is 9.88 Å². The lowest BCUT2D eigenvalue weighted by Crippen LogP contribution is -2.37. The average Bonchev–Trinajstić information content (AvgIpc) is 3.07. The predicted molar refractivity (Wildman–Crippen MR) is 106 cm³/mol. The number of rotatable bonds is 3. The number of thiophene rings is 1. The first-order valence-electron chi connectivity index (χ1n) is 8.47. The van der Waals surface area contributed by atoms with Crippen molar-refractivity contribution in [2.24, 2.45) is 0 Å². The number of aromatic nitrogens is 1. The Morgan fingerprint density at radius 3 is 2.85 bits per heavy atom. The standard InChI is InChI=1S/C21H16ClFN2OS/c1-2-21(26)25-11-17(16-9-19(22)27-18(16)12-25)15-6-4-3-5-14(15)13-7-8-20(23)24-10-13/h2-10,17H,1,11-12H2/t17-/m0/s1. The maximum Gasteiger partial charge on any atom is 0.246 e. The zero-order valence-corrected chi connectivity index (χ0v) is 15.9. The van der Waals surface area contributed by atoms with E-state index in [0.29, 0.717) is 17.4 Å². The van der Waals surface area contributed by atoms with E-state index in [1.165, 1.54) is 29.7 Å². The summed E-state index contributed by atoms with van der Waals surface area (Å²) in [7, 11) is 0. The Balaban J connectivity index is 1.83. The number of halogens is 2. The van der Waals surface area contributed by atoms with Gasteiger partial charge in [-0.25, -0.2) is 4.98 Å². The second kappa shape index (κ2) is 7.25. The van der Waals surface area contributed by atoms with Gasteiger partial charge in [-0.15, -0.1) is 11.3 Å². The first-order chi connectivity index (χ1) is 13.1. The van der Waals surface area contributed by atoms with E-state index in [-0.39, 0.29) is 11.8 Å². The molecule has 6 heteroatoms. The molecule has 4 rings (SSSR count). The number of benzene rings is 1. The number of carbonyl (C=O) groups is 1. The quantitative estimate of drug-likeness (QED) is 0.445. The lowest BCUT2D eigenvalue weighted by molar-refractivity contribution is -0.127. The van der Waals surface area contributed by atoms with Gasteiger partial charge in [-0.05, 0) is 41.0 Å². The molecular formula is C21H16ClFN2OS. The van der Waals surface area contributed by atoms with Crippen LogP contribution in [0, 0.1) is 5.95 Å². The van der Waals surface area contributed by atoms with Gasteiger partial charge in [0.05, 0.1) is 10.9 Å². The van der Waals surface area contributed by atoms with Crippen LogP contribution in [0.3, 0.4) is 0 Å². The highest BCUT2D eigenvalue weighted by molar-refractivity contribution is 7.16. The van der Waals surface area contributed by atoms with Gasteiger partial charge >= 0.3 is 0 Å². The molecule has 0 spiro atoms. The van der Waals surface area contributed by atoms with Crippen molar-refractivity contribution in [2.45, 2.75) is 12.5 Å². The van der Waals surface area contributed by atoms with E-state index >= 15 is 0 Å². The molecule has 0 N–H and O–H groups in total. The van der Waals surface area contributed by atoms with Gasteiger partial charge in [-0.1, -0.05) is 42.4 Å². The number of pyridine rings is 1. The van der Waals surface area contributed by atoms with E-state index in [2.05, 4.69) is 11.6 Å². The third-order valence-electron chi connectivity index (χ3n) is 4.79. The Labute approximate surface area is 165 Å². The summed E-state index contributed by atoms with van der Waals surface area (Å²) in [5.74, 6) is -0.637. The molecule has 0 saturated carbocycles. The molecule has 0 aliphatic carbocycles. The minimum atomic E-state index is -0.511. The third-order valence-corrected chi connectivity index (χ3v) is 6.05. The SMILES string of the molecule is C=CC(=O)N1Cc2sc(Cl)cc2[C@H](c2ccccc2-c2ccc(F)nc2)C1. The Bertz CT molecular complexity index is 1020. The number of hydrogen-bond donors (Lipinski definition) is 0. The van der Waals surface area contributed by atoms with Crippen LogP contribution in [-0.2, 0) is 11.3 Å². The Hall–Kier alpha value is -2.50. The highest BCUT2D eigenvalue weighted by Gasteiger charge is 2.31. The van der Waals surface area contributed by atoms with Crippen molar-refractivity contribution in [3.05, 3.63) is 87.6 Å². The van der Waals surface area contributed by atoms with E-state index in [1.54, 1.807) is 11.0 Å². The molecule has 1 amide bonds. The minimum Gasteiger partial charge on any atom is -0.333 e. The van der Waals surface area contributed by atoms with Crippen LogP contribution in [0.2, 0.25) is 4.34 Å². The monoisotopic (exact) mass is 398 g/mol. The van der Waals surface area contributed by atoms with Crippen LogP contribution < -0.4 is 0 Å². The van der Waals surface area contributed by atoms with Crippen LogP contribution in [0.15, 0.2) is 61.3 Å². The van der Waals surface area contributed by atoms with E-state index in [1.807, 2.05) is 30.3 Å². The van der Waals surface area contributed by atoms with Crippen LogP contribution in [0.5, 0.6) is 0 Å². The first kappa shape index (κ1) is 17.9. The highest BCUT2D eigenvalue weighted by atomic mass is 35.5. The molecular weight excluding hydrogens is 383 g/mol. The molecule has 0 bridgehead atoms. The number of amides is 1. The van der Waals surface area contributed by atoms with Gasteiger partial charge in [0, 0.05) is 29.1 Å². The molecule has 3 heterocycles. The van der Waals surface area contributed by atoms with E-state index in [0.717, 1.165) is 27.1 Å². The Morgan fingerprint density at radius 2 is 2.11 bits per heavy atom. The van der Waals surface area contributed by atoms with Crippen molar-refractivity contribution in [3.63, 3.8) is 0 Å². The largest absolute Gasteiger partial charge is 0.333 e. The molecule has 0 saturated heterocycles. The molecule has 0 fully saturated rings. The summed E-state index contributed by atoms with van der Waals surface area (Å²) >= 11 is 7.78. The van der Waals surface area contributed by atoms with Crippen molar-refractivity contribution >= 4 is 28.8 Å². The summed E-state index contributed by atoms with van der Waals surface area (Å²) < 4.78 is 14.0. The lowest BCUT2D eigenvalue weighted by Gasteiger charge is -2.33. The van der Waals surface area contributed by atoms with Crippen LogP contribution in [0.25, 0.3) is 11.1 Å². The smallest absolute Gasteiger partial charge is 0.246 e. The van der Waals surface area contributed by atoms with Gasteiger partial charge in [-0.2, -0.15) is 4.39 Å². The van der Waals surface area contributed by atoms with Crippen molar-refractivity contribution < 1.29 is 9.18 Å². The number of hydrogen-bond acceptors (Lipinski definition) is 3.